The Labute approximate surface area is 193 Å². The minimum atomic E-state index is -0.442. The van der Waals surface area contributed by atoms with Gasteiger partial charge in [-0.25, -0.2) is 9.59 Å². The van der Waals surface area contributed by atoms with Gasteiger partial charge < -0.3 is 26.0 Å². The summed E-state index contributed by atoms with van der Waals surface area (Å²) >= 11 is 0. The highest BCUT2D eigenvalue weighted by Gasteiger charge is 2.27. The predicted molar refractivity (Wildman–Crippen MR) is 127 cm³/mol. The summed E-state index contributed by atoms with van der Waals surface area (Å²) in [5.41, 5.74) is 7.51. The molecule has 0 spiro atoms. The summed E-state index contributed by atoms with van der Waals surface area (Å²) in [6, 6.07) is 9.67. The summed E-state index contributed by atoms with van der Waals surface area (Å²) in [4.78, 5) is 30.6. The number of nitrogens with zero attached hydrogens (tertiary/aromatic N) is 3. The van der Waals surface area contributed by atoms with Crippen molar-refractivity contribution in [2.45, 2.75) is 44.0 Å². The molecule has 1 saturated carbocycles. The van der Waals surface area contributed by atoms with Crippen LogP contribution >= 0.6 is 0 Å². The van der Waals surface area contributed by atoms with Gasteiger partial charge in [0.1, 0.15) is 5.82 Å². The number of nitrogens with one attached hydrogen (secondary N) is 3. The summed E-state index contributed by atoms with van der Waals surface area (Å²) in [6.07, 6.45) is 4.64. The highest BCUT2D eigenvalue weighted by molar-refractivity contribution is 5.88. The van der Waals surface area contributed by atoms with E-state index >= 15 is 0 Å². The van der Waals surface area contributed by atoms with Crippen LogP contribution in [0.5, 0.6) is 0 Å². The van der Waals surface area contributed by atoms with E-state index in [1.54, 1.807) is 24.3 Å². The topological polar surface area (TPSA) is 127 Å². The number of carbonyl (C=O) groups excluding carboxylic acids is 1. The molecular formula is C23H33N7O3. The van der Waals surface area contributed by atoms with Crippen molar-refractivity contribution in [3.63, 3.8) is 0 Å². The molecule has 33 heavy (non-hydrogen) atoms. The summed E-state index contributed by atoms with van der Waals surface area (Å²) in [5.74, 6) is 0.252. The maximum absolute atomic E-state index is 12.5. The van der Waals surface area contributed by atoms with Gasteiger partial charge in [0.05, 0.1) is 11.8 Å². The highest BCUT2D eigenvalue weighted by atomic mass is 16.5. The maximum atomic E-state index is 12.5. The van der Waals surface area contributed by atoms with Gasteiger partial charge in [-0.1, -0.05) is 12.1 Å². The average molecular weight is 456 g/mol. The van der Waals surface area contributed by atoms with Crippen molar-refractivity contribution in [3.05, 3.63) is 52.6 Å². The fourth-order valence-corrected chi connectivity index (χ4v) is 4.37. The van der Waals surface area contributed by atoms with Crippen LogP contribution in [0.1, 0.15) is 24.8 Å². The number of anilines is 1. The Morgan fingerprint density at radius 2 is 1.97 bits per heavy atom. The Balaban J connectivity index is 1.33. The second kappa shape index (κ2) is 10.9. The lowest BCUT2D eigenvalue weighted by molar-refractivity contribution is 0.0426. The van der Waals surface area contributed by atoms with E-state index in [9.17, 15) is 9.59 Å². The fraction of sp³-hybridized carbons (Fsp3) is 0.522. The van der Waals surface area contributed by atoms with E-state index in [0.717, 1.165) is 50.1 Å². The van der Waals surface area contributed by atoms with Crippen molar-refractivity contribution >= 4 is 11.8 Å². The monoisotopic (exact) mass is 455 g/mol. The van der Waals surface area contributed by atoms with E-state index in [0.29, 0.717) is 19.1 Å². The summed E-state index contributed by atoms with van der Waals surface area (Å²) in [6.45, 7) is 3.52. The molecule has 4 rings (SSSR count). The molecule has 1 aromatic carbocycles. The third kappa shape index (κ3) is 5.97. The zero-order chi connectivity index (χ0) is 23.2. The van der Waals surface area contributed by atoms with Gasteiger partial charge in [-0.05, 0) is 43.0 Å². The van der Waals surface area contributed by atoms with Gasteiger partial charge >= 0.3 is 11.7 Å². The third-order valence-electron chi connectivity index (χ3n) is 6.40. The molecule has 1 aliphatic carbocycles. The molecule has 0 unspecified atom stereocenters. The molecule has 178 valence electrons. The van der Waals surface area contributed by atoms with Crippen LogP contribution in [0.25, 0.3) is 5.69 Å². The van der Waals surface area contributed by atoms with Crippen LogP contribution in [0.2, 0.25) is 0 Å². The smallest absolute Gasteiger partial charge is 0.354 e. The lowest BCUT2D eigenvalue weighted by Gasteiger charge is -2.33. The number of aromatic nitrogens is 2. The van der Waals surface area contributed by atoms with Gasteiger partial charge in [-0.2, -0.15) is 4.98 Å². The van der Waals surface area contributed by atoms with Gasteiger partial charge in [0.15, 0.2) is 0 Å². The zero-order valence-corrected chi connectivity index (χ0v) is 19.0. The Bertz CT molecular complexity index is 988. The first-order valence-corrected chi connectivity index (χ1v) is 11.5. The quantitative estimate of drug-likeness (QED) is 0.504. The number of urea groups is 1. The van der Waals surface area contributed by atoms with E-state index in [2.05, 4.69) is 20.9 Å². The standard InChI is InChI=1S/C23H33N7O3/c1-33-20-14-17(4-7-19(20)24)26-15-16-2-5-18(6-3-16)30-11-8-21(28-23(30)32)27-22(31)29-12-9-25-10-13-29/h2-3,5-6,8,11,17,19-20,25-26H,4,7,9-10,12-15,24H2,1H3,(H,27,28,31,32)/t17-,19-,20-/m0/s1. The molecule has 10 nitrogen and oxygen atoms in total. The number of methoxy groups -OCH3 is 1. The minimum absolute atomic E-state index is 0.0996. The van der Waals surface area contributed by atoms with Crippen molar-refractivity contribution in [2.24, 2.45) is 5.73 Å². The van der Waals surface area contributed by atoms with Gasteiger partial charge in [0, 0.05) is 58.1 Å². The van der Waals surface area contributed by atoms with Gasteiger partial charge in [-0.15, -0.1) is 0 Å². The number of hydrogen-bond acceptors (Lipinski definition) is 7. The lowest BCUT2D eigenvalue weighted by Crippen LogP contribution is -2.48. The van der Waals surface area contributed by atoms with Crippen molar-refractivity contribution in [1.82, 2.24) is 25.1 Å². The molecule has 0 bridgehead atoms. The SMILES string of the molecule is CO[C@H]1C[C@@H](NCc2ccc(-n3ccc(NC(=O)N4CCNCC4)nc3=O)cc2)CC[C@@H]1N. The average Bonchev–Trinajstić information content (AvgIpc) is 2.84. The Morgan fingerprint density at radius 1 is 1.21 bits per heavy atom. The number of rotatable bonds is 6. The molecule has 10 heteroatoms. The van der Waals surface area contributed by atoms with E-state index in [-0.39, 0.29) is 24.0 Å². The highest BCUT2D eigenvalue weighted by Crippen LogP contribution is 2.20. The molecule has 2 amide bonds. The molecule has 5 N–H and O–H groups in total. The van der Waals surface area contributed by atoms with E-state index in [1.807, 2.05) is 24.3 Å². The molecule has 1 aliphatic heterocycles. The second-order valence-electron chi connectivity index (χ2n) is 8.63. The molecule has 2 fully saturated rings. The lowest BCUT2D eigenvalue weighted by atomic mass is 9.89. The van der Waals surface area contributed by atoms with Crippen LogP contribution in [-0.4, -0.2) is 72.0 Å². The maximum Gasteiger partial charge on any atom is 0.354 e. The first-order valence-electron chi connectivity index (χ1n) is 11.5. The van der Waals surface area contributed by atoms with Crippen LogP contribution < -0.4 is 27.4 Å². The molecule has 2 heterocycles. The molecule has 0 radical (unpaired) electrons. The van der Waals surface area contributed by atoms with Crippen LogP contribution in [-0.2, 0) is 11.3 Å². The van der Waals surface area contributed by atoms with Gasteiger partial charge in [0.25, 0.3) is 0 Å². The fourth-order valence-electron chi connectivity index (χ4n) is 4.37. The van der Waals surface area contributed by atoms with Crippen molar-refractivity contribution < 1.29 is 9.53 Å². The third-order valence-corrected chi connectivity index (χ3v) is 6.40. The van der Waals surface area contributed by atoms with Crippen LogP contribution in [0.15, 0.2) is 41.3 Å². The Kier molecular flexibility index (Phi) is 7.71. The van der Waals surface area contributed by atoms with E-state index < -0.39 is 5.69 Å². The van der Waals surface area contributed by atoms with E-state index in [1.165, 1.54) is 4.57 Å². The largest absolute Gasteiger partial charge is 0.380 e. The number of carbonyl (C=O) groups is 1. The molecule has 2 aliphatic rings. The Hall–Kier alpha value is -2.79. The van der Waals surface area contributed by atoms with E-state index in [4.69, 9.17) is 10.5 Å². The number of amides is 2. The molecule has 3 atom stereocenters. The normalized spacial score (nSPS) is 23.3. The van der Waals surface area contributed by atoms with Crippen molar-refractivity contribution in [3.8, 4) is 5.69 Å². The molecule has 2 aromatic rings. The van der Waals surface area contributed by atoms with Gasteiger partial charge in [-0.3, -0.25) is 9.88 Å². The predicted octanol–water partition coefficient (Wildman–Crippen LogP) is 0.654. The number of hydrogen-bond donors (Lipinski definition) is 4. The van der Waals surface area contributed by atoms with Crippen LogP contribution in [0.3, 0.4) is 0 Å². The first kappa shape index (κ1) is 23.4. The molecule has 1 saturated heterocycles. The molecule has 1 aromatic heterocycles. The Morgan fingerprint density at radius 3 is 2.67 bits per heavy atom. The van der Waals surface area contributed by atoms with Gasteiger partial charge in [0.2, 0.25) is 0 Å². The van der Waals surface area contributed by atoms with Crippen molar-refractivity contribution in [2.75, 3.05) is 38.6 Å². The summed E-state index contributed by atoms with van der Waals surface area (Å²) < 4.78 is 6.95. The summed E-state index contributed by atoms with van der Waals surface area (Å²) in [5, 5.41) is 9.49. The zero-order valence-electron chi connectivity index (χ0n) is 19.0. The number of piperazine rings is 1. The first-order chi connectivity index (χ1) is 16.0. The van der Waals surface area contributed by atoms with Crippen LogP contribution in [0, 0.1) is 0 Å². The van der Waals surface area contributed by atoms with Crippen LogP contribution in [0.4, 0.5) is 10.6 Å². The number of benzene rings is 1. The second-order valence-corrected chi connectivity index (χ2v) is 8.63. The summed E-state index contributed by atoms with van der Waals surface area (Å²) in [7, 11) is 1.72. The van der Waals surface area contributed by atoms with Crippen molar-refractivity contribution in [1.29, 1.82) is 0 Å². The number of ether oxygens (including phenoxy) is 1. The molecular weight excluding hydrogens is 422 g/mol. The minimum Gasteiger partial charge on any atom is -0.380 e. The number of nitrogens with two attached hydrogens (primary N) is 1.